The number of carbonyl (C=O) groups excluding carboxylic acids is 1. The van der Waals surface area contributed by atoms with Gasteiger partial charge in [0.05, 0.1) is 23.3 Å². The molecule has 0 fully saturated rings. The Bertz CT molecular complexity index is 1390. The van der Waals surface area contributed by atoms with Crippen molar-refractivity contribution in [1.82, 2.24) is 19.8 Å². The molecule has 35 heavy (non-hydrogen) atoms. The molecule has 1 atom stereocenters. The summed E-state index contributed by atoms with van der Waals surface area (Å²) in [4.78, 5) is 12.1. The zero-order chi connectivity index (χ0) is 25.2. The molecule has 0 radical (unpaired) electrons. The fourth-order valence-electron chi connectivity index (χ4n) is 3.77. The predicted molar refractivity (Wildman–Crippen MR) is 134 cm³/mol. The average molecular weight is 558 g/mol. The minimum Gasteiger partial charge on any atom is -0.334 e. The van der Waals surface area contributed by atoms with Crippen LogP contribution in [0.5, 0.6) is 0 Å². The van der Waals surface area contributed by atoms with E-state index >= 15 is 0 Å². The van der Waals surface area contributed by atoms with Crippen LogP contribution >= 0.6 is 34.8 Å². The Morgan fingerprint density at radius 2 is 1.86 bits per heavy atom. The number of fused-ring (bicyclic) bond motifs is 1. The van der Waals surface area contributed by atoms with Crippen LogP contribution in [0.15, 0.2) is 59.6 Å². The molecule has 2 aromatic carbocycles. The normalized spacial score (nSPS) is 16.7. The lowest BCUT2D eigenvalue weighted by atomic mass is 9.91. The maximum atomic E-state index is 14.9. The number of sulfonamides is 1. The second-order valence-electron chi connectivity index (χ2n) is 7.85. The summed E-state index contributed by atoms with van der Waals surface area (Å²) in [6, 6.07) is 9.56. The number of aryl methyl sites for hydroxylation is 1. The highest BCUT2D eigenvalue weighted by Gasteiger charge is 2.28. The second kappa shape index (κ2) is 10.6. The van der Waals surface area contributed by atoms with Crippen molar-refractivity contribution >= 4 is 56.4 Å². The number of halogens is 4. The number of amides is 2. The van der Waals surface area contributed by atoms with Crippen molar-refractivity contribution in [2.75, 3.05) is 6.54 Å². The number of allylic oxidation sites excluding steroid dienone is 1. The van der Waals surface area contributed by atoms with Gasteiger partial charge in [0.2, 0.25) is 0 Å². The Balaban J connectivity index is 1.48. The third-order valence-electron chi connectivity index (χ3n) is 5.46. The summed E-state index contributed by atoms with van der Waals surface area (Å²) < 4.78 is 43.2. The van der Waals surface area contributed by atoms with Gasteiger partial charge in [-0.05, 0) is 60.4 Å². The Morgan fingerprint density at radius 3 is 2.57 bits per heavy atom. The van der Waals surface area contributed by atoms with Crippen molar-refractivity contribution in [3.05, 3.63) is 86.6 Å². The van der Waals surface area contributed by atoms with E-state index in [1.54, 1.807) is 29.1 Å². The van der Waals surface area contributed by atoms with Gasteiger partial charge in [-0.2, -0.15) is 5.10 Å². The van der Waals surface area contributed by atoms with Gasteiger partial charge in [0.1, 0.15) is 6.17 Å². The third-order valence-corrected chi connectivity index (χ3v) is 7.65. The summed E-state index contributed by atoms with van der Waals surface area (Å²) in [5, 5.41) is 8.18. The number of urea groups is 1. The summed E-state index contributed by atoms with van der Waals surface area (Å²) in [6.45, 7) is 0.215. The van der Waals surface area contributed by atoms with Crippen LogP contribution in [0.25, 0.3) is 5.57 Å². The topological polar surface area (TPSA) is 93.1 Å². The number of aromatic nitrogens is 2. The molecular formula is C23H20Cl3FN4O3S. The van der Waals surface area contributed by atoms with Crippen LogP contribution in [0.2, 0.25) is 15.1 Å². The second-order valence-corrected chi connectivity index (χ2v) is 10.8. The molecule has 2 amide bonds. The summed E-state index contributed by atoms with van der Waals surface area (Å²) in [5.74, 6) is 0. The Morgan fingerprint density at radius 1 is 1.14 bits per heavy atom. The third kappa shape index (κ3) is 5.98. The molecule has 4 rings (SSSR count). The van der Waals surface area contributed by atoms with Gasteiger partial charge in [0.25, 0.3) is 10.0 Å². The number of benzene rings is 2. The van der Waals surface area contributed by atoms with Crippen LogP contribution in [0.4, 0.5) is 9.18 Å². The number of carbonyl (C=O) groups is 1. The molecule has 0 aliphatic heterocycles. The van der Waals surface area contributed by atoms with E-state index in [-0.39, 0.29) is 17.9 Å². The first kappa shape index (κ1) is 25.5. The molecule has 1 aliphatic rings. The van der Waals surface area contributed by atoms with E-state index in [1.165, 1.54) is 30.3 Å². The van der Waals surface area contributed by atoms with Crippen LogP contribution in [0.3, 0.4) is 0 Å². The van der Waals surface area contributed by atoms with E-state index in [0.717, 1.165) is 11.1 Å². The molecule has 184 valence electrons. The molecular weight excluding hydrogens is 538 g/mol. The number of nitrogens with zero attached hydrogens (tertiary/aromatic N) is 2. The number of alkyl halides is 1. The zero-order valence-electron chi connectivity index (χ0n) is 18.1. The maximum Gasteiger partial charge on any atom is 0.328 e. The van der Waals surface area contributed by atoms with E-state index in [9.17, 15) is 17.6 Å². The number of rotatable bonds is 6. The SMILES string of the molecule is O=C(NC/C=C1/c2c(cnn2Cc2ccc(Cl)cc2Cl)CCC1F)NS(=O)(=O)c1ccc(Cl)cc1. The lowest BCUT2D eigenvalue weighted by molar-refractivity contribution is 0.247. The van der Waals surface area contributed by atoms with Gasteiger partial charge in [0, 0.05) is 27.2 Å². The van der Waals surface area contributed by atoms with Gasteiger partial charge in [-0.25, -0.2) is 22.3 Å². The molecule has 1 aromatic heterocycles. The summed E-state index contributed by atoms with van der Waals surface area (Å²) >= 11 is 18.0. The molecule has 0 saturated heterocycles. The monoisotopic (exact) mass is 556 g/mol. The van der Waals surface area contributed by atoms with Crippen LogP contribution in [0.1, 0.15) is 23.2 Å². The van der Waals surface area contributed by atoms with E-state index in [4.69, 9.17) is 34.8 Å². The van der Waals surface area contributed by atoms with Gasteiger partial charge in [-0.3, -0.25) is 4.68 Å². The summed E-state index contributed by atoms with van der Waals surface area (Å²) in [5.41, 5.74) is 2.64. The summed E-state index contributed by atoms with van der Waals surface area (Å²) in [7, 11) is -4.08. The van der Waals surface area contributed by atoms with E-state index in [1.807, 2.05) is 4.72 Å². The van der Waals surface area contributed by atoms with Gasteiger partial charge >= 0.3 is 6.03 Å². The molecule has 0 saturated carbocycles. The predicted octanol–water partition coefficient (Wildman–Crippen LogP) is 5.25. The molecule has 3 aromatic rings. The lowest BCUT2D eigenvalue weighted by Gasteiger charge is -2.22. The standard InChI is InChI=1S/C23H20Cl3FN4O3S/c24-16-4-6-18(7-5-16)35(33,34)30-23(32)28-10-9-19-21(27)8-2-14-12-29-31(22(14)19)13-15-1-3-17(25)11-20(15)26/h1,3-7,9,11-12,21H,2,8,10,13H2,(H2,28,30,32)/b19-9+. The molecule has 7 nitrogen and oxygen atoms in total. The Kier molecular flexibility index (Phi) is 7.70. The van der Waals surface area contributed by atoms with Crippen molar-refractivity contribution in [1.29, 1.82) is 0 Å². The van der Waals surface area contributed by atoms with Crippen LogP contribution in [-0.2, 0) is 23.0 Å². The minimum absolute atomic E-state index is 0.0932. The highest BCUT2D eigenvalue weighted by Crippen LogP contribution is 2.34. The first-order chi connectivity index (χ1) is 16.6. The van der Waals surface area contributed by atoms with Gasteiger partial charge in [-0.15, -0.1) is 0 Å². The molecule has 12 heteroatoms. The maximum absolute atomic E-state index is 14.9. The van der Waals surface area contributed by atoms with Crippen LogP contribution < -0.4 is 10.0 Å². The fourth-order valence-corrected chi connectivity index (χ4v) is 5.29. The molecule has 1 heterocycles. The number of nitrogens with one attached hydrogen (secondary N) is 2. The highest BCUT2D eigenvalue weighted by molar-refractivity contribution is 7.90. The summed E-state index contributed by atoms with van der Waals surface area (Å²) in [6.07, 6.45) is 2.76. The average Bonchev–Trinajstić information content (AvgIpc) is 3.20. The molecule has 2 N–H and O–H groups in total. The van der Waals surface area contributed by atoms with Gasteiger partial charge in [-0.1, -0.05) is 46.9 Å². The zero-order valence-corrected chi connectivity index (χ0v) is 21.2. The number of hydrogen-bond acceptors (Lipinski definition) is 4. The first-order valence-electron chi connectivity index (χ1n) is 10.5. The highest BCUT2D eigenvalue weighted by atomic mass is 35.5. The molecule has 0 bridgehead atoms. The van der Waals surface area contributed by atoms with E-state index in [0.29, 0.717) is 39.3 Å². The molecule has 1 aliphatic carbocycles. The van der Waals surface area contributed by atoms with Crippen molar-refractivity contribution in [2.24, 2.45) is 0 Å². The van der Waals surface area contributed by atoms with Crippen LogP contribution in [0, 0.1) is 0 Å². The molecule has 1 unspecified atom stereocenters. The van der Waals surface area contributed by atoms with Crippen LogP contribution in [-0.4, -0.2) is 36.9 Å². The van der Waals surface area contributed by atoms with Gasteiger partial charge in [0.15, 0.2) is 0 Å². The van der Waals surface area contributed by atoms with Crippen molar-refractivity contribution in [2.45, 2.75) is 30.5 Å². The van der Waals surface area contributed by atoms with Gasteiger partial charge < -0.3 is 5.32 Å². The molecule has 0 spiro atoms. The Labute approximate surface area is 216 Å². The Hall–Kier alpha value is -2.59. The number of hydrogen-bond donors (Lipinski definition) is 2. The van der Waals surface area contributed by atoms with Crippen molar-refractivity contribution in [3.8, 4) is 0 Å². The first-order valence-corrected chi connectivity index (χ1v) is 13.1. The quantitative estimate of drug-likeness (QED) is 0.433. The van der Waals surface area contributed by atoms with E-state index in [2.05, 4.69) is 10.4 Å². The lowest BCUT2D eigenvalue weighted by Crippen LogP contribution is -2.39. The van der Waals surface area contributed by atoms with Crippen molar-refractivity contribution in [3.63, 3.8) is 0 Å². The largest absolute Gasteiger partial charge is 0.334 e. The van der Waals surface area contributed by atoms with E-state index < -0.39 is 22.2 Å². The smallest absolute Gasteiger partial charge is 0.328 e. The fraction of sp³-hybridized carbons (Fsp3) is 0.217. The minimum atomic E-state index is -4.08. The van der Waals surface area contributed by atoms with Crippen molar-refractivity contribution < 1.29 is 17.6 Å².